The molecule has 0 aliphatic heterocycles. The standard InChI is InChI=1S/C21H12N2O4/c24-19-15-4-2-1-3-13(15)14-7-5-11(9-16(14)19)20(25)22-12-6-8-18-17(10-12)23-21(26)27-18/h1-10H,(H,22,25)(H,23,26). The van der Waals surface area contributed by atoms with Crippen LogP contribution >= 0.6 is 0 Å². The molecule has 130 valence electrons. The zero-order chi connectivity index (χ0) is 18.5. The van der Waals surface area contributed by atoms with Gasteiger partial charge in [-0.15, -0.1) is 0 Å². The fourth-order valence-electron chi connectivity index (χ4n) is 3.40. The monoisotopic (exact) mass is 356 g/mol. The predicted octanol–water partition coefficient (Wildman–Crippen LogP) is 3.58. The Morgan fingerprint density at radius 1 is 0.852 bits per heavy atom. The number of anilines is 1. The van der Waals surface area contributed by atoms with Gasteiger partial charge in [0.05, 0.1) is 5.52 Å². The molecule has 0 unspecified atom stereocenters. The Morgan fingerprint density at radius 3 is 2.48 bits per heavy atom. The second-order valence-electron chi connectivity index (χ2n) is 6.31. The highest BCUT2D eigenvalue weighted by atomic mass is 16.4. The fourth-order valence-corrected chi connectivity index (χ4v) is 3.40. The molecule has 6 nitrogen and oxygen atoms in total. The molecular weight excluding hydrogens is 344 g/mol. The molecule has 0 bridgehead atoms. The Kier molecular flexibility index (Phi) is 3.14. The minimum absolute atomic E-state index is 0.0763. The van der Waals surface area contributed by atoms with Crippen molar-refractivity contribution in [1.29, 1.82) is 0 Å². The van der Waals surface area contributed by atoms with Crippen LogP contribution in [0.3, 0.4) is 0 Å². The van der Waals surface area contributed by atoms with E-state index in [-0.39, 0.29) is 11.7 Å². The van der Waals surface area contributed by atoms with Crippen molar-refractivity contribution < 1.29 is 14.0 Å². The van der Waals surface area contributed by atoms with Crippen molar-refractivity contribution >= 4 is 28.5 Å². The molecule has 0 saturated heterocycles. The number of fused-ring (bicyclic) bond motifs is 4. The first-order chi connectivity index (χ1) is 13.1. The first kappa shape index (κ1) is 15.3. The lowest BCUT2D eigenvalue weighted by Crippen LogP contribution is -2.12. The number of carbonyl (C=O) groups excluding carboxylic acids is 2. The van der Waals surface area contributed by atoms with E-state index in [1.807, 2.05) is 18.2 Å². The van der Waals surface area contributed by atoms with Crippen LogP contribution in [-0.2, 0) is 0 Å². The van der Waals surface area contributed by atoms with Gasteiger partial charge in [0.15, 0.2) is 11.4 Å². The number of rotatable bonds is 2. The molecule has 27 heavy (non-hydrogen) atoms. The second kappa shape index (κ2) is 5.54. The number of H-pyrrole nitrogens is 1. The summed E-state index contributed by atoms with van der Waals surface area (Å²) in [5.74, 6) is -0.968. The van der Waals surface area contributed by atoms with Crippen molar-refractivity contribution in [2.45, 2.75) is 0 Å². The molecule has 0 atom stereocenters. The van der Waals surface area contributed by atoms with Gasteiger partial charge in [-0.3, -0.25) is 14.6 Å². The Balaban J connectivity index is 1.47. The van der Waals surface area contributed by atoms with Crippen molar-refractivity contribution in [3.05, 3.63) is 87.9 Å². The number of nitrogens with one attached hydrogen (secondary N) is 2. The quantitative estimate of drug-likeness (QED) is 0.506. The molecule has 0 saturated carbocycles. The maximum Gasteiger partial charge on any atom is 0.417 e. The lowest BCUT2D eigenvalue weighted by Gasteiger charge is -2.07. The molecule has 0 fully saturated rings. The molecule has 1 amide bonds. The molecule has 1 aliphatic rings. The Bertz CT molecular complexity index is 1310. The van der Waals surface area contributed by atoms with Crippen LogP contribution < -0.4 is 11.1 Å². The average Bonchev–Trinajstić information content (AvgIpc) is 3.18. The van der Waals surface area contributed by atoms with Crippen LogP contribution in [0, 0.1) is 0 Å². The molecule has 0 spiro atoms. The van der Waals surface area contributed by atoms with E-state index in [2.05, 4.69) is 10.3 Å². The largest absolute Gasteiger partial charge is 0.417 e. The lowest BCUT2D eigenvalue weighted by atomic mass is 10.0. The lowest BCUT2D eigenvalue weighted by molar-refractivity contribution is 0.102. The van der Waals surface area contributed by atoms with Crippen LogP contribution in [0.25, 0.3) is 22.2 Å². The molecule has 2 N–H and O–H groups in total. The maximum atomic E-state index is 12.6. The highest BCUT2D eigenvalue weighted by Crippen LogP contribution is 2.36. The van der Waals surface area contributed by atoms with Gasteiger partial charge in [-0.25, -0.2) is 4.79 Å². The number of oxazole rings is 1. The molecule has 5 rings (SSSR count). The normalized spacial score (nSPS) is 12.1. The van der Waals surface area contributed by atoms with Gasteiger partial charge in [0, 0.05) is 22.4 Å². The summed E-state index contributed by atoms with van der Waals surface area (Å²) in [6.45, 7) is 0. The molecule has 4 aromatic rings. The number of hydrogen-bond donors (Lipinski definition) is 2. The van der Waals surface area contributed by atoms with E-state index in [0.29, 0.717) is 33.5 Å². The number of benzene rings is 3. The highest BCUT2D eigenvalue weighted by molar-refractivity contribution is 6.22. The first-order valence-corrected chi connectivity index (χ1v) is 8.32. The summed E-state index contributed by atoms with van der Waals surface area (Å²) in [6.07, 6.45) is 0. The van der Waals surface area contributed by atoms with E-state index in [1.165, 1.54) is 0 Å². The van der Waals surface area contributed by atoms with Gasteiger partial charge in [0.1, 0.15) is 0 Å². The van der Waals surface area contributed by atoms with Gasteiger partial charge < -0.3 is 9.73 Å². The maximum absolute atomic E-state index is 12.6. The van der Waals surface area contributed by atoms with Gasteiger partial charge in [-0.2, -0.15) is 0 Å². The van der Waals surface area contributed by atoms with E-state index in [0.717, 1.165) is 11.1 Å². The summed E-state index contributed by atoms with van der Waals surface area (Å²) in [7, 11) is 0. The van der Waals surface area contributed by atoms with Crippen molar-refractivity contribution in [3.8, 4) is 11.1 Å². The summed E-state index contributed by atoms with van der Waals surface area (Å²) < 4.78 is 4.94. The van der Waals surface area contributed by atoms with Crippen LogP contribution in [0.15, 0.2) is 69.9 Å². The van der Waals surface area contributed by atoms with Crippen LogP contribution in [0.4, 0.5) is 5.69 Å². The molecule has 1 aliphatic carbocycles. The SMILES string of the molecule is O=C(Nc1ccc2oc(=O)[nH]c2c1)c1ccc2c(c1)C(=O)c1ccccc1-2. The summed E-state index contributed by atoms with van der Waals surface area (Å²) in [5, 5.41) is 2.77. The summed E-state index contributed by atoms with van der Waals surface area (Å²) in [6, 6.07) is 17.4. The third kappa shape index (κ3) is 2.38. The van der Waals surface area contributed by atoms with E-state index < -0.39 is 5.76 Å². The third-order valence-electron chi connectivity index (χ3n) is 4.67. The molecule has 1 heterocycles. The molecular formula is C21H12N2O4. The van der Waals surface area contributed by atoms with E-state index in [1.54, 1.807) is 42.5 Å². The molecule has 0 radical (unpaired) electrons. The first-order valence-electron chi connectivity index (χ1n) is 8.32. The number of aromatic amines is 1. The molecule has 3 aromatic carbocycles. The smallest absolute Gasteiger partial charge is 0.408 e. The van der Waals surface area contributed by atoms with Crippen molar-refractivity contribution in [2.75, 3.05) is 5.32 Å². The Labute approximate surface area is 152 Å². The van der Waals surface area contributed by atoms with Gasteiger partial charge >= 0.3 is 5.76 Å². The third-order valence-corrected chi connectivity index (χ3v) is 4.67. The fraction of sp³-hybridized carbons (Fsp3) is 0. The van der Waals surface area contributed by atoms with E-state index in [4.69, 9.17) is 4.42 Å². The zero-order valence-corrected chi connectivity index (χ0v) is 13.9. The van der Waals surface area contributed by atoms with E-state index in [9.17, 15) is 14.4 Å². The number of ketones is 1. The number of hydrogen-bond acceptors (Lipinski definition) is 4. The minimum atomic E-state index is -0.551. The number of aromatic nitrogens is 1. The summed E-state index contributed by atoms with van der Waals surface area (Å²) in [5.41, 5.74) is 4.72. The van der Waals surface area contributed by atoms with Crippen LogP contribution in [-0.4, -0.2) is 16.7 Å². The predicted molar refractivity (Wildman–Crippen MR) is 100 cm³/mol. The van der Waals surface area contributed by atoms with Crippen LogP contribution in [0.2, 0.25) is 0 Å². The zero-order valence-electron chi connectivity index (χ0n) is 13.9. The second-order valence-corrected chi connectivity index (χ2v) is 6.31. The molecule has 6 heteroatoms. The average molecular weight is 356 g/mol. The topological polar surface area (TPSA) is 92.2 Å². The van der Waals surface area contributed by atoms with Crippen molar-refractivity contribution in [3.63, 3.8) is 0 Å². The summed E-state index contributed by atoms with van der Waals surface area (Å²) >= 11 is 0. The molecule has 1 aromatic heterocycles. The highest BCUT2D eigenvalue weighted by Gasteiger charge is 2.27. The van der Waals surface area contributed by atoms with Crippen molar-refractivity contribution in [2.24, 2.45) is 0 Å². The number of amides is 1. The van der Waals surface area contributed by atoms with Gasteiger partial charge in [0.25, 0.3) is 5.91 Å². The van der Waals surface area contributed by atoms with Crippen LogP contribution in [0.5, 0.6) is 0 Å². The van der Waals surface area contributed by atoms with Gasteiger partial charge in [0.2, 0.25) is 0 Å². The van der Waals surface area contributed by atoms with E-state index >= 15 is 0 Å². The van der Waals surface area contributed by atoms with Crippen LogP contribution in [0.1, 0.15) is 26.3 Å². The minimum Gasteiger partial charge on any atom is -0.408 e. The Hall–Kier alpha value is -3.93. The number of carbonyl (C=O) groups is 2. The Morgan fingerprint density at radius 2 is 1.63 bits per heavy atom. The van der Waals surface area contributed by atoms with Crippen molar-refractivity contribution in [1.82, 2.24) is 4.98 Å². The van der Waals surface area contributed by atoms with Gasteiger partial charge in [-0.1, -0.05) is 30.3 Å². The summed E-state index contributed by atoms with van der Waals surface area (Å²) in [4.78, 5) is 39.0. The van der Waals surface area contributed by atoms with Gasteiger partial charge in [-0.05, 0) is 41.5 Å².